The molecule has 0 aliphatic rings. The van der Waals surface area contributed by atoms with E-state index in [9.17, 15) is 9.59 Å². The number of carbonyl (C=O) groups is 2. The topological polar surface area (TPSA) is 84.2 Å². The van der Waals surface area contributed by atoms with Crippen molar-refractivity contribution in [3.63, 3.8) is 0 Å². The Bertz CT molecular complexity index is 602. The Morgan fingerprint density at radius 2 is 1.84 bits per heavy atom. The second-order valence-electron chi connectivity index (χ2n) is 4.04. The van der Waals surface area contributed by atoms with Gasteiger partial charge in [-0.25, -0.2) is 4.79 Å². The molecular weight excluding hydrogens is 246 g/mol. The number of nitrogens with one attached hydrogen (secondary N) is 2. The average Bonchev–Trinajstić information content (AvgIpc) is 2.75. The highest BCUT2D eigenvalue weighted by Gasteiger charge is 2.06. The summed E-state index contributed by atoms with van der Waals surface area (Å²) in [5.41, 5.74) is 1.18. The highest BCUT2D eigenvalue weighted by Crippen LogP contribution is 2.11. The molecule has 2 amide bonds. The summed E-state index contributed by atoms with van der Waals surface area (Å²) in [6.45, 7) is 3.22. The third-order valence-corrected chi connectivity index (χ3v) is 2.42. The van der Waals surface area contributed by atoms with Gasteiger partial charge in [-0.2, -0.15) is 0 Å². The number of hydrogen-bond acceptors (Lipinski definition) is 4. The number of aromatic nitrogens is 1. The highest BCUT2D eigenvalue weighted by molar-refractivity contribution is 6.00. The number of ketones is 1. The molecule has 0 spiro atoms. The van der Waals surface area contributed by atoms with Gasteiger partial charge in [0, 0.05) is 17.3 Å². The molecule has 6 heteroatoms. The van der Waals surface area contributed by atoms with Crippen LogP contribution >= 0.6 is 0 Å². The van der Waals surface area contributed by atoms with Crippen LogP contribution in [0.25, 0.3) is 0 Å². The van der Waals surface area contributed by atoms with Crippen molar-refractivity contribution in [2.24, 2.45) is 0 Å². The van der Waals surface area contributed by atoms with Gasteiger partial charge in [0.25, 0.3) is 0 Å². The van der Waals surface area contributed by atoms with Crippen molar-refractivity contribution < 1.29 is 14.1 Å². The van der Waals surface area contributed by atoms with Crippen LogP contribution in [0, 0.1) is 6.92 Å². The first-order chi connectivity index (χ1) is 9.04. The number of Topliss-reactive ketones (excluding diaryl/α,β-unsaturated/α-hetero) is 1. The first kappa shape index (κ1) is 12.8. The molecule has 0 radical (unpaired) electrons. The zero-order valence-corrected chi connectivity index (χ0v) is 10.6. The van der Waals surface area contributed by atoms with E-state index in [1.165, 1.54) is 6.92 Å². The molecule has 2 rings (SSSR count). The summed E-state index contributed by atoms with van der Waals surface area (Å²) in [5, 5.41) is 8.79. The molecule has 0 saturated carbocycles. The lowest BCUT2D eigenvalue weighted by molar-refractivity contribution is 0.101. The van der Waals surface area contributed by atoms with E-state index in [0.717, 1.165) is 0 Å². The van der Waals surface area contributed by atoms with Gasteiger partial charge in [-0.1, -0.05) is 5.16 Å². The quantitative estimate of drug-likeness (QED) is 0.830. The third kappa shape index (κ3) is 3.41. The summed E-state index contributed by atoms with van der Waals surface area (Å²) >= 11 is 0. The molecule has 98 valence electrons. The fourth-order valence-electron chi connectivity index (χ4n) is 1.49. The molecule has 0 aliphatic carbocycles. The van der Waals surface area contributed by atoms with Gasteiger partial charge in [0.2, 0.25) is 0 Å². The molecule has 0 unspecified atom stereocenters. The fraction of sp³-hybridized carbons (Fsp3) is 0.154. The molecule has 0 aliphatic heterocycles. The molecule has 1 aromatic heterocycles. The minimum absolute atomic E-state index is 0.0194. The van der Waals surface area contributed by atoms with Gasteiger partial charge < -0.3 is 9.84 Å². The third-order valence-electron chi connectivity index (χ3n) is 2.42. The SMILES string of the molecule is CC(=O)c1ccc(NC(=O)Nc2cc(C)on2)cc1. The van der Waals surface area contributed by atoms with Gasteiger partial charge in [-0.05, 0) is 38.1 Å². The largest absolute Gasteiger partial charge is 0.360 e. The van der Waals surface area contributed by atoms with Gasteiger partial charge in [0.15, 0.2) is 11.6 Å². The van der Waals surface area contributed by atoms with Crippen molar-refractivity contribution in [2.75, 3.05) is 10.6 Å². The second-order valence-corrected chi connectivity index (χ2v) is 4.04. The first-order valence-corrected chi connectivity index (χ1v) is 5.67. The van der Waals surface area contributed by atoms with E-state index in [1.807, 2.05) is 0 Å². The Hall–Kier alpha value is -2.63. The van der Waals surface area contributed by atoms with Gasteiger partial charge in [0.1, 0.15) is 5.76 Å². The number of hydrogen-bond donors (Lipinski definition) is 2. The van der Waals surface area contributed by atoms with Crippen LogP contribution in [-0.4, -0.2) is 17.0 Å². The summed E-state index contributed by atoms with van der Waals surface area (Å²) in [6.07, 6.45) is 0. The maximum atomic E-state index is 11.6. The molecule has 0 bridgehead atoms. The lowest BCUT2D eigenvalue weighted by Gasteiger charge is -2.05. The summed E-state index contributed by atoms with van der Waals surface area (Å²) in [4.78, 5) is 22.7. The predicted molar refractivity (Wildman–Crippen MR) is 70.3 cm³/mol. The Labute approximate surface area is 109 Å². The van der Waals surface area contributed by atoms with Crippen molar-refractivity contribution in [1.82, 2.24) is 5.16 Å². The molecule has 19 heavy (non-hydrogen) atoms. The van der Waals surface area contributed by atoms with Gasteiger partial charge in [-0.3, -0.25) is 10.1 Å². The Kier molecular flexibility index (Phi) is 3.61. The number of rotatable bonds is 3. The van der Waals surface area contributed by atoms with Gasteiger partial charge in [-0.15, -0.1) is 0 Å². The maximum Gasteiger partial charge on any atom is 0.324 e. The summed E-state index contributed by atoms with van der Waals surface area (Å²) < 4.78 is 4.83. The molecule has 1 heterocycles. The number of carbonyl (C=O) groups excluding carboxylic acids is 2. The zero-order chi connectivity index (χ0) is 13.8. The number of benzene rings is 1. The van der Waals surface area contributed by atoms with Crippen LogP contribution in [0.3, 0.4) is 0 Å². The maximum absolute atomic E-state index is 11.6. The zero-order valence-electron chi connectivity index (χ0n) is 10.6. The molecule has 2 N–H and O–H groups in total. The van der Waals surface area contributed by atoms with E-state index >= 15 is 0 Å². The number of nitrogens with zero attached hydrogens (tertiary/aromatic N) is 1. The number of amides is 2. The summed E-state index contributed by atoms with van der Waals surface area (Å²) in [7, 11) is 0. The fourth-order valence-corrected chi connectivity index (χ4v) is 1.49. The van der Waals surface area contributed by atoms with E-state index < -0.39 is 6.03 Å². The molecule has 0 atom stereocenters. The number of anilines is 2. The minimum Gasteiger partial charge on any atom is -0.360 e. The van der Waals surface area contributed by atoms with Crippen molar-refractivity contribution in [3.05, 3.63) is 41.7 Å². The monoisotopic (exact) mass is 259 g/mol. The lowest BCUT2D eigenvalue weighted by atomic mass is 10.1. The number of urea groups is 1. The normalized spacial score (nSPS) is 10.0. The summed E-state index contributed by atoms with van der Waals surface area (Å²) in [6, 6.07) is 7.80. The minimum atomic E-state index is -0.427. The van der Waals surface area contributed by atoms with Crippen LogP contribution in [0.2, 0.25) is 0 Å². The molecular formula is C13H13N3O3. The molecule has 0 fully saturated rings. The van der Waals surface area contributed by atoms with Crippen molar-refractivity contribution in [3.8, 4) is 0 Å². The highest BCUT2D eigenvalue weighted by atomic mass is 16.5. The summed E-state index contributed by atoms with van der Waals surface area (Å²) in [5.74, 6) is 0.936. The van der Waals surface area contributed by atoms with Gasteiger partial charge in [0.05, 0.1) is 0 Å². The molecule has 0 saturated heterocycles. The van der Waals surface area contributed by atoms with Crippen LogP contribution < -0.4 is 10.6 Å². The lowest BCUT2D eigenvalue weighted by Crippen LogP contribution is -2.19. The van der Waals surface area contributed by atoms with Crippen LogP contribution in [0.15, 0.2) is 34.9 Å². The Morgan fingerprint density at radius 3 is 2.37 bits per heavy atom. The van der Waals surface area contributed by atoms with E-state index in [4.69, 9.17) is 4.52 Å². The smallest absolute Gasteiger partial charge is 0.324 e. The molecule has 6 nitrogen and oxygen atoms in total. The standard InChI is InChI=1S/C13H13N3O3/c1-8-7-12(16-19-8)15-13(18)14-11-5-3-10(4-6-11)9(2)17/h3-7H,1-2H3,(H2,14,15,16,18). The van der Waals surface area contributed by atoms with E-state index in [1.54, 1.807) is 37.3 Å². The van der Waals surface area contributed by atoms with Gasteiger partial charge >= 0.3 is 6.03 Å². The second kappa shape index (κ2) is 5.34. The van der Waals surface area contributed by atoms with E-state index in [-0.39, 0.29) is 5.78 Å². The molecule has 1 aromatic carbocycles. The van der Waals surface area contributed by atoms with Crippen molar-refractivity contribution in [2.45, 2.75) is 13.8 Å². The van der Waals surface area contributed by atoms with E-state index in [0.29, 0.717) is 22.8 Å². The predicted octanol–water partition coefficient (Wildman–Crippen LogP) is 2.83. The Morgan fingerprint density at radius 1 is 1.16 bits per heavy atom. The van der Waals surface area contributed by atoms with Crippen LogP contribution in [0.1, 0.15) is 23.0 Å². The number of aryl methyl sites for hydroxylation is 1. The van der Waals surface area contributed by atoms with Crippen molar-refractivity contribution >= 4 is 23.3 Å². The van der Waals surface area contributed by atoms with Crippen LogP contribution in [-0.2, 0) is 0 Å². The average molecular weight is 259 g/mol. The Balaban J connectivity index is 1.97. The van der Waals surface area contributed by atoms with Crippen LogP contribution in [0.5, 0.6) is 0 Å². The first-order valence-electron chi connectivity index (χ1n) is 5.67. The molecule has 2 aromatic rings. The van der Waals surface area contributed by atoms with E-state index in [2.05, 4.69) is 15.8 Å². The van der Waals surface area contributed by atoms with Crippen LogP contribution in [0.4, 0.5) is 16.3 Å². The van der Waals surface area contributed by atoms with Crippen molar-refractivity contribution in [1.29, 1.82) is 0 Å².